The summed E-state index contributed by atoms with van der Waals surface area (Å²) in [5.41, 5.74) is 0. The molecule has 0 saturated heterocycles. The van der Waals surface area contributed by atoms with Crippen LogP contribution in [0.4, 0.5) is 0 Å². The van der Waals surface area contributed by atoms with Gasteiger partial charge < -0.3 is 15.5 Å². The molecule has 19 heavy (non-hydrogen) atoms. The monoisotopic (exact) mass is 289 g/mol. The van der Waals surface area contributed by atoms with Gasteiger partial charge in [0.25, 0.3) is 0 Å². The fourth-order valence-corrected chi connectivity index (χ4v) is 2.08. The van der Waals surface area contributed by atoms with Crippen LogP contribution in [0.25, 0.3) is 0 Å². The summed E-state index contributed by atoms with van der Waals surface area (Å²) in [6, 6.07) is 0.177. The number of hydrogen-bond donors (Lipinski definition) is 2. The minimum absolute atomic E-state index is 0.0405. The third kappa shape index (κ3) is 12.0. The van der Waals surface area contributed by atoms with E-state index in [1.54, 1.807) is 0 Å². The van der Waals surface area contributed by atoms with Crippen molar-refractivity contribution in [2.24, 2.45) is 0 Å². The molecule has 0 aromatic rings. The number of hydrogen-bond acceptors (Lipinski definition) is 4. The van der Waals surface area contributed by atoms with E-state index in [9.17, 15) is 9.59 Å². The Labute approximate surface area is 120 Å². The minimum Gasteiger partial charge on any atom is -0.354 e. The van der Waals surface area contributed by atoms with Crippen LogP contribution in [0.3, 0.4) is 0 Å². The molecule has 0 aliphatic heterocycles. The van der Waals surface area contributed by atoms with Crippen LogP contribution in [0.1, 0.15) is 27.2 Å². The Hall–Kier alpha value is -0.750. The van der Waals surface area contributed by atoms with Crippen LogP contribution in [0.5, 0.6) is 0 Å². The van der Waals surface area contributed by atoms with Crippen LogP contribution in [-0.2, 0) is 9.59 Å². The molecule has 5 nitrogen and oxygen atoms in total. The second-order valence-corrected chi connectivity index (χ2v) is 5.88. The van der Waals surface area contributed by atoms with E-state index in [1.165, 1.54) is 11.8 Å². The standard InChI is InChI=1S/C13H27N3O2S/c1-5-16(4)8-7-14-13(18)10-19-9-6-12(17)15-11(2)3/h11H,5-10H2,1-4H3,(H,14,18)(H,15,17). The summed E-state index contributed by atoms with van der Waals surface area (Å²) < 4.78 is 0. The zero-order valence-electron chi connectivity index (χ0n) is 12.5. The average Bonchev–Trinajstić information content (AvgIpc) is 2.33. The Morgan fingerprint density at radius 1 is 1.26 bits per heavy atom. The Balaban J connectivity index is 3.46. The number of amides is 2. The molecule has 0 atom stereocenters. The molecule has 0 fully saturated rings. The summed E-state index contributed by atoms with van der Waals surface area (Å²) in [6.45, 7) is 8.48. The molecule has 0 heterocycles. The largest absolute Gasteiger partial charge is 0.354 e. The van der Waals surface area contributed by atoms with E-state index in [4.69, 9.17) is 0 Å². The molecule has 0 rings (SSSR count). The Morgan fingerprint density at radius 3 is 2.53 bits per heavy atom. The van der Waals surface area contributed by atoms with Crippen molar-refractivity contribution in [1.82, 2.24) is 15.5 Å². The first-order valence-corrected chi connectivity index (χ1v) is 7.93. The topological polar surface area (TPSA) is 61.4 Å². The molecule has 0 radical (unpaired) electrons. The second-order valence-electron chi connectivity index (χ2n) is 4.77. The number of nitrogens with one attached hydrogen (secondary N) is 2. The first kappa shape index (κ1) is 18.2. The van der Waals surface area contributed by atoms with Gasteiger partial charge in [0, 0.05) is 31.3 Å². The van der Waals surface area contributed by atoms with E-state index in [0.717, 1.165) is 13.1 Å². The highest BCUT2D eigenvalue weighted by molar-refractivity contribution is 7.99. The lowest BCUT2D eigenvalue weighted by molar-refractivity contribution is -0.121. The van der Waals surface area contributed by atoms with Crippen molar-refractivity contribution in [3.63, 3.8) is 0 Å². The molecule has 0 spiro atoms. The first-order valence-electron chi connectivity index (χ1n) is 6.78. The Bertz CT molecular complexity index is 273. The summed E-state index contributed by atoms with van der Waals surface area (Å²) in [5, 5.41) is 5.69. The molecule has 0 bridgehead atoms. The summed E-state index contributed by atoms with van der Waals surface area (Å²) in [5.74, 6) is 1.19. The lowest BCUT2D eigenvalue weighted by Gasteiger charge is -2.13. The van der Waals surface area contributed by atoms with E-state index in [0.29, 0.717) is 24.5 Å². The maximum absolute atomic E-state index is 11.5. The highest BCUT2D eigenvalue weighted by atomic mass is 32.2. The number of likely N-dealkylation sites (N-methyl/N-ethyl adjacent to an activating group) is 1. The van der Waals surface area contributed by atoms with Crippen molar-refractivity contribution in [3.05, 3.63) is 0 Å². The summed E-state index contributed by atoms with van der Waals surface area (Å²) in [4.78, 5) is 25.0. The normalized spacial score (nSPS) is 10.8. The molecule has 0 aliphatic carbocycles. The molecular weight excluding hydrogens is 262 g/mol. The zero-order valence-corrected chi connectivity index (χ0v) is 13.3. The van der Waals surface area contributed by atoms with Gasteiger partial charge in [0.1, 0.15) is 0 Å². The predicted octanol–water partition coefficient (Wildman–Crippen LogP) is 0.702. The zero-order chi connectivity index (χ0) is 14.7. The van der Waals surface area contributed by atoms with E-state index in [1.807, 2.05) is 20.9 Å². The van der Waals surface area contributed by atoms with Crippen molar-refractivity contribution in [2.75, 3.05) is 38.2 Å². The maximum atomic E-state index is 11.5. The number of carbonyl (C=O) groups excluding carboxylic acids is 2. The lowest BCUT2D eigenvalue weighted by Crippen LogP contribution is -2.34. The van der Waals surface area contributed by atoms with Crippen LogP contribution < -0.4 is 10.6 Å². The van der Waals surface area contributed by atoms with Gasteiger partial charge >= 0.3 is 0 Å². The maximum Gasteiger partial charge on any atom is 0.230 e. The number of carbonyl (C=O) groups is 2. The Kier molecular flexibility index (Phi) is 10.7. The van der Waals surface area contributed by atoms with Crippen molar-refractivity contribution in [2.45, 2.75) is 33.2 Å². The highest BCUT2D eigenvalue weighted by Crippen LogP contribution is 2.02. The predicted molar refractivity (Wildman–Crippen MR) is 81.4 cm³/mol. The minimum atomic E-state index is 0.0405. The van der Waals surface area contributed by atoms with Crippen LogP contribution >= 0.6 is 11.8 Å². The van der Waals surface area contributed by atoms with Gasteiger partial charge in [-0.2, -0.15) is 11.8 Å². The van der Waals surface area contributed by atoms with Gasteiger partial charge in [0.15, 0.2) is 0 Å². The van der Waals surface area contributed by atoms with E-state index < -0.39 is 0 Å². The number of thioether (sulfide) groups is 1. The number of nitrogens with zero attached hydrogens (tertiary/aromatic N) is 1. The van der Waals surface area contributed by atoms with Gasteiger partial charge in [0.05, 0.1) is 5.75 Å². The van der Waals surface area contributed by atoms with Crippen molar-refractivity contribution in [3.8, 4) is 0 Å². The molecule has 0 aliphatic rings. The quantitative estimate of drug-likeness (QED) is 0.581. The molecule has 2 amide bonds. The first-order chi connectivity index (χ1) is 8.95. The van der Waals surface area contributed by atoms with Crippen molar-refractivity contribution < 1.29 is 9.59 Å². The lowest BCUT2D eigenvalue weighted by atomic mass is 10.3. The fourth-order valence-electron chi connectivity index (χ4n) is 1.32. The molecule has 0 saturated carbocycles. The highest BCUT2D eigenvalue weighted by Gasteiger charge is 2.05. The molecule has 112 valence electrons. The molecule has 6 heteroatoms. The molecule has 0 unspecified atom stereocenters. The number of rotatable bonds is 10. The third-order valence-corrected chi connectivity index (χ3v) is 3.47. The van der Waals surface area contributed by atoms with Gasteiger partial charge in [-0.15, -0.1) is 0 Å². The van der Waals surface area contributed by atoms with Gasteiger partial charge in [-0.05, 0) is 27.4 Å². The van der Waals surface area contributed by atoms with E-state index in [-0.39, 0.29) is 17.9 Å². The summed E-state index contributed by atoms with van der Waals surface area (Å²) >= 11 is 1.49. The molecule has 0 aromatic heterocycles. The fraction of sp³-hybridized carbons (Fsp3) is 0.846. The molecule has 0 aromatic carbocycles. The van der Waals surface area contributed by atoms with Crippen LogP contribution in [0.2, 0.25) is 0 Å². The van der Waals surface area contributed by atoms with Gasteiger partial charge in [-0.3, -0.25) is 9.59 Å². The van der Waals surface area contributed by atoms with Crippen LogP contribution in [0, 0.1) is 0 Å². The average molecular weight is 289 g/mol. The SMILES string of the molecule is CCN(C)CCNC(=O)CSCCC(=O)NC(C)C. The Morgan fingerprint density at radius 2 is 1.95 bits per heavy atom. The van der Waals surface area contributed by atoms with Crippen LogP contribution in [-0.4, -0.2) is 60.9 Å². The van der Waals surface area contributed by atoms with Gasteiger partial charge in [-0.1, -0.05) is 6.92 Å². The van der Waals surface area contributed by atoms with Crippen LogP contribution in [0.15, 0.2) is 0 Å². The van der Waals surface area contributed by atoms with Crippen molar-refractivity contribution >= 4 is 23.6 Å². The molecule has 2 N–H and O–H groups in total. The summed E-state index contributed by atoms with van der Waals surface area (Å²) in [7, 11) is 2.02. The molecular formula is C13H27N3O2S. The smallest absolute Gasteiger partial charge is 0.230 e. The second kappa shape index (κ2) is 11.1. The summed E-state index contributed by atoms with van der Waals surface area (Å²) in [6.07, 6.45) is 0.467. The van der Waals surface area contributed by atoms with Gasteiger partial charge in [0.2, 0.25) is 11.8 Å². The van der Waals surface area contributed by atoms with E-state index >= 15 is 0 Å². The van der Waals surface area contributed by atoms with Gasteiger partial charge in [-0.25, -0.2) is 0 Å². The van der Waals surface area contributed by atoms with Crippen molar-refractivity contribution in [1.29, 1.82) is 0 Å². The third-order valence-electron chi connectivity index (χ3n) is 2.51. The van der Waals surface area contributed by atoms with E-state index in [2.05, 4.69) is 22.5 Å².